The summed E-state index contributed by atoms with van der Waals surface area (Å²) in [6, 6.07) is 1.78. The van der Waals surface area contributed by atoms with Gasteiger partial charge >= 0.3 is 0 Å². The summed E-state index contributed by atoms with van der Waals surface area (Å²) in [4.78, 5) is 19.8. The molecule has 2 aromatic rings. The Morgan fingerprint density at radius 2 is 2.06 bits per heavy atom. The first kappa shape index (κ1) is 10.5. The van der Waals surface area contributed by atoms with Crippen LogP contribution in [0.2, 0.25) is 0 Å². The van der Waals surface area contributed by atoms with Crippen molar-refractivity contribution in [2.75, 3.05) is 0 Å². The third-order valence-corrected chi connectivity index (χ3v) is 2.26. The standard InChI is InChI=1S/C11H12N4O/c1-3-15-10(4-8(2)14-15)11(16)9-5-12-7-13-6-9/h4-7H,3H2,1-2H3. The Hall–Kier alpha value is -2.04. The predicted molar refractivity (Wildman–Crippen MR) is 58.1 cm³/mol. The minimum absolute atomic E-state index is 0.0944. The van der Waals surface area contributed by atoms with Crippen LogP contribution in [0.15, 0.2) is 24.8 Å². The summed E-state index contributed by atoms with van der Waals surface area (Å²) in [6.07, 6.45) is 4.43. The Balaban J connectivity index is 2.41. The summed E-state index contributed by atoms with van der Waals surface area (Å²) in [7, 11) is 0. The van der Waals surface area contributed by atoms with E-state index in [0.717, 1.165) is 5.69 Å². The van der Waals surface area contributed by atoms with Crippen LogP contribution in [-0.2, 0) is 6.54 Å². The Morgan fingerprint density at radius 3 is 2.69 bits per heavy atom. The van der Waals surface area contributed by atoms with Gasteiger partial charge in [-0.05, 0) is 19.9 Å². The zero-order valence-electron chi connectivity index (χ0n) is 9.21. The Kier molecular flexibility index (Phi) is 2.76. The minimum Gasteiger partial charge on any atom is -0.287 e. The summed E-state index contributed by atoms with van der Waals surface area (Å²) in [5.41, 5.74) is 1.90. The van der Waals surface area contributed by atoms with Gasteiger partial charge in [-0.3, -0.25) is 9.48 Å². The van der Waals surface area contributed by atoms with E-state index in [1.807, 2.05) is 13.8 Å². The van der Waals surface area contributed by atoms with Gasteiger partial charge in [0.25, 0.3) is 0 Å². The monoisotopic (exact) mass is 216 g/mol. The summed E-state index contributed by atoms with van der Waals surface area (Å²) < 4.78 is 1.69. The van der Waals surface area contributed by atoms with Crippen molar-refractivity contribution in [3.05, 3.63) is 41.7 Å². The second-order valence-corrected chi connectivity index (χ2v) is 3.44. The maximum Gasteiger partial charge on any atom is 0.214 e. The molecule has 82 valence electrons. The van der Waals surface area contributed by atoms with Crippen molar-refractivity contribution >= 4 is 5.78 Å². The van der Waals surface area contributed by atoms with Crippen LogP contribution in [0.5, 0.6) is 0 Å². The molecule has 0 radical (unpaired) electrons. The van der Waals surface area contributed by atoms with Crippen LogP contribution >= 0.6 is 0 Å². The smallest absolute Gasteiger partial charge is 0.214 e. The maximum absolute atomic E-state index is 12.1. The molecule has 0 saturated heterocycles. The molecule has 5 nitrogen and oxygen atoms in total. The van der Waals surface area contributed by atoms with Crippen molar-refractivity contribution in [3.63, 3.8) is 0 Å². The van der Waals surface area contributed by atoms with E-state index in [9.17, 15) is 4.79 Å². The van der Waals surface area contributed by atoms with Crippen molar-refractivity contribution in [1.82, 2.24) is 19.7 Å². The molecule has 0 unspecified atom stereocenters. The molecule has 0 aliphatic rings. The molecular formula is C11H12N4O. The van der Waals surface area contributed by atoms with Gasteiger partial charge in [0.2, 0.25) is 5.78 Å². The van der Waals surface area contributed by atoms with Crippen LogP contribution < -0.4 is 0 Å². The molecule has 5 heteroatoms. The van der Waals surface area contributed by atoms with Crippen LogP contribution in [0.3, 0.4) is 0 Å². The van der Waals surface area contributed by atoms with Crippen LogP contribution in [0.25, 0.3) is 0 Å². The predicted octanol–water partition coefficient (Wildman–Crippen LogP) is 1.23. The zero-order chi connectivity index (χ0) is 11.5. The van der Waals surface area contributed by atoms with E-state index in [1.165, 1.54) is 18.7 Å². The van der Waals surface area contributed by atoms with Crippen LogP contribution in [0.4, 0.5) is 0 Å². The number of ketones is 1. The average Bonchev–Trinajstić information content (AvgIpc) is 2.70. The number of hydrogen-bond acceptors (Lipinski definition) is 4. The molecule has 0 bridgehead atoms. The van der Waals surface area contributed by atoms with Crippen molar-refractivity contribution in [2.45, 2.75) is 20.4 Å². The largest absolute Gasteiger partial charge is 0.287 e. The SMILES string of the molecule is CCn1nc(C)cc1C(=O)c1cncnc1. The Bertz CT molecular complexity index is 504. The van der Waals surface area contributed by atoms with Crippen LogP contribution in [0.1, 0.15) is 28.7 Å². The lowest BCUT2D eigenvalue weighted by molar-refractivity contribution is 0.102. The fourth-order valence-electron chi connectivity index (χ4n) is 1.53. The fraction of sp³-hybridized carbons (Fsp3) is 0.273. The molecule has 0 aromatic carbocycles. The molecule has 0 aliphatic carbocycles. The lowest BCUT2D eigenvalue weighted by Gasteiger charge is -2.02. The maximum atomic E-state index is 12.1. The highest BCUT2D eigenvalue weighted by Crippen LogP contribution is 2.09. The van der Waals surface area contributed by atoms with E-state index in [0.29, 0.717) is 17.8 Å². The van der Waals surface area contributed by atoms with Crippen molar-refractivity contribution in [3.8, 4) is 0 Å². The van der Waals surface area contributed by atoms with Gasteiger partial charge in [-0.2, -0.15) is 5.10 Å². The minimum atomic E-state index is -0.0944. The van der Waals surface area contributed by atoms with Gasteiger partial charge < -0.3 is 0 Å². The first-order chi connectivity index (χ1) is 7.72. The number of carbonyl (C=O) groups is 1. The topological polar surface area (TPSA) is 60.7 Å². The Morgan fingerprint density at radius 1 is 1.38 bits per heavy atom. The summed E-state index contributed by atoms with van der Waals surface area (Å²) >= 11 is 0. The number of rotatable bonds is 3. The first-order valence-corrected chi connectivity index (χ1v) is 5.06. The molecule has 16 heavy (non-hydrogen) atoms. The highest BCUT2D eigenvalue weighted by molar-refractivity contribution is 6.07. The number of carbonyl (C=O) groups excluding carboxylic acids is 1. The first-order valence-electron chi connectivity index (χ1n) is 5.06. The number of hydrogen-bond donors (Lipinski definition) is 0. The van der Waals surface area contributed by atoms with Crippen molar-refractivity contribution < 1.29 is 4.79 Å². The normalized spacial score (nSPS) is 10.4. The summed E-state index contributed by atoms with van der Waals surface area (Å²) in [5.74, 6) is -0.0944. The number of aryl methyl sites for hydroxylation is 2. The number of aromatic nitrogens is 4. The third-order valence-electron chi connectivity index (χ3n) is 2.26. The van der Waals surface area contributed by atoms with E-state index in [4.69, 9.17) is 0 Å². The molecule has 0 fully saturated rings. The molecule has 2 rings (SSSR count). The van der Waals surface area contributed by atoms with Gasteiger partial charge in [-0.25, -0.2) is 9.97 Å². The zero-order valence-corrected chi connectivity index (χ0v) is 9.21. The molecule has 0 N–H and O–H groups in total. The van der Waals surface area contributed by atoms with E-state index in [2.05, 4.69) is 15.1 Å². The number of nitrogens with zero attached hydrogens (tertiary/aromatic N) is 4. The average molecular weight is 216 g/mol. The van der Waals surface area contributed by atoms with Gasteiger partial charge in [0.05, 0.1) is 11.3 Å². The quantitative estimate of drug-likeness (QED) is 0.724. The van der Waals surface area contributed by atoms with E-state index < -0.39 is 0 Å². The molecule has 2 heterocycles. The third kappa shape index (κ3) is 1.84. The lowest BCUT2D eigenvalue weighted by atomic mass is 10.1. The molecule has 0 spiro atoms. The summed E-state index contributed by atoms with van der Waals surface area (Å²) in [5, 5.41) is 4.23. The van der Waals surface area contributed by atoms with E-state index >= 15 is 0 Å². The molecule has 0 atom stereocenters. The van der Waals surface area contributed by atoms with Gasteiger partial charge in [0, 0.05) is 18.9 Å². The Labute approximate surface area is 93.2 Å². The fourth-order valence-corrected chi connectivity index (χ4v) is 1.53. The van der Waals surface area contributed by atoms with Crippen molar-refractivity contribution in [1.29, 1.82) is 0 Å². The van der Waals surface area contributed by atoms with Crippen molar-refractivity contribution in [2.24, 2.45) is 0 Å². The second kappa shape index (κ2) is 4.22. The van der Waals surface area contributed by atoms with Crippen LogP contribution in [0, 0.1) is 6.92 Å². The van der Waals surface area contributed by atoms with Gasteiger partial charge in [0.1, 0.15) is 12.0 Å². The molecule has 0 amide bonds. The van der Waals surface area contributed by atoms with E-state index in [1.54, 1.807) is 10.7 Å². The van der Waals surface area contributed by atoms with Crippen LogP contribution in [-0.4, -0.2) is 25.5 Å². The molecule has 2 aromatic heterocycles. The highest BCUT2D eigenvalue weighted by atomic mass is 16.1. The summed E-state index contributed by atoms with van der Waals surface area (Å²) in [6.45, 7) is 4.48. The van der Waals surface area contributed by atoms with E-state index in [-0.39, 0.29) is 5.78 Å². The molecule has 0 aliphatic heterocycles. The van der Waals surface area contributed by atoms with Gasteiger partial charge in [-0.15, -0.1) is 0 Å². The highest BCUT2D eigenvalue weighted by Gasteiger charge is 2.15. The second-order valence-electron chi connectivity index (χ2n) is 3.44. The molecule has 0 saturated carbocycles. The lowest BCUT2D eigenvalue weighted by Crippen LogP contribution is -2.10. The van der Waals surface area contributed by atoms with Gasteiger partial charge in [-0.1, -0.05) is 0 Å². The molecular weight excluding hydrogens is 204 g/mol. The van der Waals surface area contributed by atoms with Gasteiger partial charge in [0.15, 0.2) is 0 Å².